The highest BCUT2D eigenvalue weighted by molar-refractivity contribution is 8.00. The lowest BCUT2D eigenvalue weighted by Crippen LogP contribution is -2.22. The van der Waals surface area contributed by atoms with Crippen LogP contribution < -0.4 is 10.1 Å². The SMILES string of the molecule is CCOc1ccccc1-c1nnc(SC(C)C(=O)Nc2cc(Cl)ccc2Cl)o1. The van der Waals surface area contributed by atoms with E-state index in [0.29, 0.717) is 39.5 Å². The van der Waals surface area contributed by atoms with Crippen LogP contribution in [0.5, 0.6) is 5.75 Å². The number of amides is 1. The number of carbonyl (C=O) groups is 1. The second-order valence-electron chi connectivity index (χ2n) is 5.68. The van der Waals surface area contributed by atoms with Crippen molar-refractivity contribution < 1.29 is 13.9 Å². The zero-order valence-corrected chi connectivity index (χ0v) is 17.4. The van der Waals surface area contributed by atoms with E-state index >= 15 is 0 Å². The van der Waals surface area contributed by atoms with Crippen molar-refractivity contribution in [2.24, 2.45) is 0 Å². The molecule has 1 heterocycles. The predicted molar refractivity (Wildman–Crippen MR) is 111 cm³/mol. The Hall–Kier alpha value is -2.22. The molecule has 0 aliphatic heterocycles. The largest absolute Gasteiger partial charge is 0.493 e. The van der Waals surface area contributed by atoms with Gasteiger partial charge in [-0.05, 0) is 44.2 Å². The maximum Gasteiger partial charge on any atom is 0.277 e. The number of thioether (sulfide) groups is 1. The number of benzene rings is 2. The summed E-state index contributed by atoms with van der Waals surface area (Å²) < 4.78 is 11.3. The molecular formula is C19H17Cl2N3O3S. The van der Waals surface area contributed by atoms with Crippen molar-refractivity contribution in [3.05, 3.63) is 52.5 Å². The van der Waals surface area contributed by atoms with Crippen LogP contribution in [0.4, 0.5) is 5.69 Å². The van der Waals surface area contributed by atoms with E-state index in [1.165, 1.54) is 0 Å². The molecule has 1 unspecified atom stereocenters. The minimum atomic E-state index is -0.495. The number of nitrogens with zero attached hydrogens (tertiary/aromatic N) is 2. The van der Waals surface area contributed by atoms with E-state index in [4.69, 9.17) is 32.4 Å². The lowest BCUT2D eigenvalue weighted by Gasteiger charge is -2.11. The molecule has 28 heavy (non-hydrogen) atoms. The minimum absolute atomic E-state index is 0.261. The third-order valence-corrected chi connectivity index (χ3v) is 5.16. The summed E-state index contributed by atoms with van der Waals surface area (Å²) in [5.41, 5.74) is 1.15. The number of halogens is 2. The molecule has 1 N–H and O–H groups in total. The number of ether oxygens (including phenoxy) is 1. The summed E-state index contributed by atoms with van der Waals surface area (Å²) in [6, 6.07) is 12.3. The fourth-order valence-corrected chi connectivity index (χ4v) is 3.34. The van der Waals surface area contributed by atoms with Gasteiger partial charge in [-0.15, -0.1) is 10.2 Å². The minimum Gasteiger partial charge on any atom is -0.493 e. The van der Waals surface area contributed by atoms with E-state index in [1.54, 1.807) is 25.1 Å². The highest BCUT2D eigenvalue weighted by atomic mass is 35.5. The van der Waals surface area contributed by atoms with Crippen molar-refractivity contribution in [1.29, 1.82) is 0 Å². The van der Waals surface area contributed by atoms with Gasteiger partial charge in [0.1, 0.15) is 5.75 Å². The first-order valence-corrected chi connectivity index (χ1v) is 10.1. The van der Waals surface area contributed by atoms with Gasteiger partial charge in [-0.1, -0.05) is 47.1 Å². The van der Waals surface area contributed by atoms with E-state index < -0.39 is 5.25 Å². The summed E-state index contributed by atoms with van der Waals surface area (Å²) >= 11 is 13.2. The van der Waals surface area contributed by atoms with Crippen LogP contribution in [0.2, 0.25) is 10.0 Å². The molecule has 0 fully saturated rings. The molecular weight excluding hydrogens is 421 g/mol. The maximum absolute atomic E-state index is 12.5. The van der Waals surface area contributed by atoms with Crippen LogP contribution in [0.15, 0.2) is 52.1 Å². The Balaban J connectivity index is 1.69. The van der Waals surface area contributed by atoms with Crippen LogP contribution in [0, 0.1) is 0 Å². The Morgan fingerprint density at radius 3 is 2.82 bits per heavy atom. The number of carbonyl (C=O) groups excluding carboxylic acids is 1. The average Bonchev–Trinajstić information content (AvgIpc) is 3.13. The van der Waals surface area contributed by atoms with Gasteiger partial charge >= 0.3 is 0 Å². The summed E-state index contributed by atoms with van der Waals surface area (Å²) in [6.45, 7) is 4.16. The first-order valence-electron chi connectivity index (χ1n) is 8.46. The number of aromatic nitrogens is 2. The van der Waals surface area contributed by atoms with Gasteiger partial charge in [0.05, 0.1) is 28.1 Å². The second-order valence-corrected chi connectivity index (χ2v) is 7.81. The van der Waals surface area contributed by atoms with Crippen molar-refractivity contribution in [1.82, 2.24) is 10.2 Å². The molecule has 0 saturated carbocycles. The van der Waals surface area contributed by atoms with Crippen LogP contribution in [0.25, 0.3) is 11.5 Å². The zero-order chi connectivity index (χ0) is 20.1. The normalized spacial score (nSPS) is 11.9. The van der Waals surface area contributed by atoms with E-state index in [2.05, 4.69) is 15.5 Å². The quantitative estimate of drug-likeness (QED) is 0.487. The number of nitrogens with one attached hydrogen (secondary N) is 1. The Kier molecular flexibility index (Phi) is 6.83. The average molecular weight is 438 g/mol. The number of para-hydroxylation sites is 1. The summed E-state index contributed by atoms with van der Waals surface area (Å²) in [5, 5.41) is 11.5. The third-order valence-electron chi connectivity index (χ3n) is 3.66. The molecule has 0 aliphatic carbocycles. The van der Waals surface area contributed by atoms with Crippen molar-refractivity contribution >= 4 is 46.6 Å². The molecule has 1 amide bonds. The van der Waals surface area contributed by atoms with Gasteiger partial charge in [0.2, 0.25) is 5.91 Å². The van der Waals surface area contributed by atoms with E-state index in [1.807, 2.05) is 31.2 Å². The summed E-state index contributed by atoms with van der Waals surface area (Å²) in [6.07, 6.45) is 0. The summed E-state index contributed by atoms with van der Waals surface area (Å²) in [7, 11) is 0. The van der Waals surface area contributed by atoms with E-state index in [-0.39, 0.29) is 11.1 Å². The van der Waals surface area contributed by atoms with Crippen molar-refractivity contribution in [2.75, 3.05) is 11.9 Å². The molecule has 146 valence electrons. The van der Waals surface area contributed by atoms with Gasteiger partial charge in [0.15, 0.2) is 0 Å². The van der Waals surface area contributed by atoms with Crippen LogP contribution in [-0.4, -0.2) is 28.0 Å². The van der Waals surface area contributed by atoms with Crippen molar-refractivity contribution in [3.8, 4) is 17.2 Å². The fraction of sp³-hybridized carbons (Fsp3) is 0.211. The number of hydrogen-bond acceptors (Lipinski definition) is 6. The van der Waals surface area contributed by atoms with E-state index in [9.17, 15) is 4.79 Å². The van der Waals surface area contributed by atoms with Crippen molar-refractivity contribution in [3.63, 3.8) is 0 Å². The molecule has 0 spiro atoms. The maximum atomic E-state index is 12.5. The molecule has 0 radical (unpaired) electrons. The van der Waals surface area contributed by atoms with Gasteiger partial charge in [0, 0.05) is 5.02 Å². The van der Waals surface area contributed by atoms with Gasteiger partial charge in [-0.25, -0.2) is 0 Å². The Morgan fingerprint density at radius 1 is 1.25 bits per heavy atom. The van der Waals surface area contributed by atoms with E-state index in [0.717, 1.165) is 11.8 Å². The highest BCUT2D eigenvalue weighted by Crippen LogP contribution is 2.32. The Morgan fingerprint density at radius 2 is 2.04 bits per heavy atom. The lowest BCUT2D eigenvalue weighted by molar-refractivity contribution is -0.115. The molecule has 1 atom stereocenters. The predicted octanol–water partition coefficient (Wildman–Crippen LogP) is 5.56. The second kappa shape index (κ2) is 9.32. The highest BCUT2D eigenvalue weighted by Gasteiger charge is 2.20. The molecule has 2 aromatic carbocycles. The molecule has 3 rings (SSSR count). The number of rotatable bonds is 7. The third kappa shape index (κ3) is 4.98. The van der Waals surface area contributed by atoms with Crippen LogP contribution >= 0.6 is 35.0 Å². The van der Waals surface area contributed by atoms with Gasteiger partial charge in [-0.3, -0.25) is 4.79 Å². The first kappa shape index (κ1) is 20.5. The molecule has 9 heteroatoms. The molecule has 0 bridgehead atoms. The molecule has 6 nitrogen and oxygen atoms in total. The number of hydrogen-bond donors (Lipinski definition) is 1. The smallest absolute Gasteiger partial charge is 0.277 e. The Labute approximate surface area is 176 Å². The molecule has 1 aromatic heterocycles. The molecule has 0 aliphatic rings. The lowest BCUT2D eigenvalue weighted by atomic mass is 10.2. The summed E-state index contributed by atoms with van der Waals surface area (Å²) in [5.74, 6) is 0.729. The van der Waals surface area contributed by atoms with Crippen LogP contribution in [0.1, 0.15) is 13.8 Å². The topological polar surface area (TPSA) is 77.2 Å². The molecule has 3 aromatic rings. The monoisotopic (exact) mass is 437 g/mol. The van der Waals surface area contributed by atoms with Crippen LogP contribution in [0.3, 0.4) is 0 Å². The molecule has 0 saturated heterocycles. The van der Waals surface area contributed by atoms with Gasteiger partial charge in [-0.2, -0.15) is 0 Å². The van der Waals surface area contributed by atoms with Gasteiger partial charge in [0.25, 0.3) is 11.1 Å². The fourth-order valence-electron chi connectivity index (χ4n) is 2.32. The standard InChI is InChI=1S/C19H17Cl2N3O3S/c1-3-26-16-7-5-4-6-13(16)18-23-24-19(27-18)28-11(2)17(25)22-15-10-12(20)8-9-14(15)21/h4-11H,3H2,1-2H3,(H,22,25). The zero-order valence-electron chi connectivity index (χ0n) is 15.1. The summed E-state index contributed by atoms with van der Waals surface area (Å²) in [4.78, 5) is 12.5. The first-order chi connectivity index (χ1) is 13.5. The van der Waals surface area contributed by atoms with Gasteiger partial charge < -0.3 is 14.5 Å². The van der Waals surface area contributed by atoms with Crippen LogP contribution in [-0.2, 0) is 4.79 Å². The Bertz CT molecular complexity index is 981. The number of anilines is 1. The van der Waals surface area contributed by atoms with Crippen molar-refractivity contribution in [2.45, 2.75) is 24.3 Å².